The Balaban J connectivity index is 1.19. The maximum absolute atomic E-state index is 12.5. The minimum Gasteiger partial charge on any atom is -0.496 e. The van der Waals surface area contributed by atoms with Crippen LogP contribution in [0, 0.1) is 0 Å². The highest BCUT2D eigenvalue weighted by molar-refractivity contribution is 5.75. The fourth-order valence-electron chi connectivity index (χ4n) is 3.72. The third-order valence-electron chi connectivity index (χ3n) is 5.49. The molecule has 0 radical (unpaired) electrons. The van der Waals surface area contributed by atoms with Gasteiger partial charge in [0.25, 0.3) is 5.56 Å². The molecular weight excluding hydrogens is 474 g/mol. The van der Waals surface area contributed by atoms with E-state index >= 15 is 0 Å². The zero-order chi connectivity index (χ0) is 25.6. The van der Waals surface area contributed by atoms with Crippen LogP contribution in [0.15, 0.2) is 83.7 Å². The molecule has 0 saturated carbocycles. The van der Waals surface area contributed by atoms with Gasteiger partial charge in [0.05, 0.1) is 19.3 Å². The molecule has 1 N–H and O–H groups in total. The van der Waals surface area contributed by atoms with Crippen molar-refractivity contribution in [2.45, 2.75) is 6.54 Å². The first kappa shape index (κ1) is 23.7. The van der Waals surface area contributed by atoms with Crippen LogP contribution in [-0.4, -0.2) is 55.8 Å². The van der Waals surface area contributed by atoms with Crippen LogP contribution in [-0.2, 0) is 11.3 Å². The number of fused-ring (bicyclic) bond motifs is 1. The van der Waals surface area contributed by atoms with Gasteiger partial charge in [-0.15, -0.1) is 15.3 Å². The van der Waals surface area contributed by atoms with Gasteiger partial charge >= 0.3 is 0 Å². The molecule has 186 valence electrons. The van der Waals surface area contributed by atoms with Gasteiger partial charge in [-0.05, 0) is 24.3 Å². The molecule has 0 fully saturated rings. The van der Waals surface area contributed by atoms with Gasteiger partial charge in [0.1, 0.15) is 18.9 Å². The van der Waals surface area contributed by atoms with Crippen LogP contribution in [0.5, 0.6) is 11.6 Å². The van der Waals surface area contributed by atoms with Gasteiger partial charge < -0.3 is 14.8 Å². The van der Waals surface area contributed by atoms with E-state index in [1.54, 1.807) is 35.9 Å². The Hall–Kier alpha value is -5.06. The average Bonchev–Trinajstić information content (AvgIpc) is 3.36. The van der Waals surface area contributed by atoms with E-state index < -0.39 is 0 Å². The lowest BCUT2D eigenvalue weighted by atomic mass is 10.1. The molecular formula is C26H23N7O4. The molecule has 0 aliphatic carbocycles. The number of nitrogens with zero attached hydrogens (tertiary/aromatic N) is 6. The van der Waals surface area contributed by atoms with Gasteiger partial charge in [0.2, 0.25) is 11.8 Å². The molecule has 0 bridgehead atoms. The zero-order valence-electron chi connectivity index (χ0n) is 19.9. The monoisotopic (exact) mass is 497 g/mol. The normalized spacial score (nSPS) is 10.8. The number of hydrogen-bond acceptors (Lipinski definition) is 8. The Morgan fingerprint density at radius 2 is 1.73 bits per heavy atom. The summed E-state index contributed by atoms with van der Waals surface area (Å²) in [7, 11) is 1.56. The van der Waals surface area contributed by atoms with Crippen molar-refractivity contribution in [3.8, 4) is 34.3 Å². The van der Waals surface area contributed by atoms with Crippen molar-refractivity contribution in [3.63, 3.8) is 0 Å². The van der Waals surface area contributed by atoms with E-state index in [1.807, 2.05) is 48.5 Å². The topological polar surface area (TPSA) is 126 Å². The minimum atomic E-state index is -0.384. The molecule has 0 aliphatic heterocycles. The molecule has 11 heteroatoms. The number of nitrogens with one attached hydrogen (secondary N) is 1. The van der Waals surface area contributed by atoms with E-state index in [-0.39, 0.29) is 31.2 Å². The lowest BCUT2D eigenvalue weighted by Crippen LogP contribution is -2.35. The maximum atomic E-state index is 12.5. The van der Waals surface area contributed by atoms with E-state index in [2.05, 4.69) is 25.7 Å². The van der Waals surface area contributed by atoms with E-state index in [0.29, 0.717) is 28.8 Å². The maximum Gasteiger partial charge on any atom is 0.267 e. The van der Waals surface area contributed by atoms with E-state index in [1.165, 1.54) is 6.07 Å². The Morgan fingerprint density at radius 3 is 2.57 bits per heavy atom. The number of hydrogen-bond donors (Lipinski definition) is 1. The molecule has 0 saturated heterocycles. The third-order valence-corrected chi connectivity index (χ3v) is 5.49. The second-order valence-corrected chi connectivity index (χ2v) is 7.94. The Labute approximate surface area is 211 Å². The van der Waals surface area contributed by atoms with Crippen LogP contribution >= 0.6 is 0 Å². The number of rotatable bonds is 9. The van der Waals surface area contributed by atoms with Crippen LogP contribution in [0.2, 0.25) is 0 Å². The summed E-state index contributed by atoms with van der Waals surface area (Å²) in [6, 6.07) is 23.4. The summed E-state index contributed by atoms with van der Waals surface area (Å²) in [4.78, 5) is 24.7. The number of amides is 1. The van der Waals surface area contributed by atoms with Crippen molar-refractivity contribution in [3.05, 3.63) is 89.2 Å². The van der Waals surface area contributed by atoms with Gasteiger partial charge in [-0.2, -0.15) is 9.61 Å². The molecule has 5 aromatic rings. The molecule has 0 unspecified atom stereocenters. The second-order valence-electron chi connectivity index (χ2n) is 7.94. The first-order valence-corrected chi connectivity index (χ1v) is 11.5. The number of aromatic nitrogens is 6. The van der Waals surface area contributed by atoms with Gasteiger partial charge in [0.15, 0.2) is 11.5 Å². The van der Waals surface area contributed by atoms with Crippen molar-refractivity contribution in [2.24, 2.45) is 0 Å². The highest BCUT2D eigenvalue weighted by atomic mass is 16.5. The number of carbonyl (C=O) groups is 1. The lowest BCUT2D eigenvalue weighted by Gasteiger charge is -2.11. The molecule has 5 rings (SSSR count). The highest BCUT2D eigenvalue weighted by Gasteiger charge is 2.12. The number of carbonyl (C=O) groups excluding carboxylic acids is 1. The van der Waals surface area contributed by atoms with Gasteiger partial charge in [-0.1, -0.05) is 42.5 Å². The fraction of sp³-hybridized carbons (Fsp3) is 0.154. The summed E-state index contributed by atoms with van der Waals surface area (Å²) >= 11 is 0. The number of ether oxygens (including phenoxy) is 2. The molecule has 3 aromatic heterocycles. The van der Waals surface area contributed by atoms with E-state index in [9.17, 15) is 9.59 Å². The van der Waals surface area contributed by atoms with Gasteiger partial charge in [-0.25, -0.2) is 4.68 Å². The predicted octanol–water partition coefficient (Wildman–Crippen LogP) is 2.22. The van der Waals surface area contributed by atoms with E-state index in [0.717, 1.165) is 15.8 Å². The van der Waals surface area contributed by atoms with Crippen LogP contribution in [0.4, 0.5) is 0 Å². The summed E-state index contributed by atoms with van der Waals surface area (Å²) in [5.74, 6) is 1.21. The predicted molar refractivity (Wildman–Crippen MR) is 135 cm³/mol. The number of benzene rings is 2. The van der Waals surface area contributed by atoms with Crippen LogP contribution in [0.1, 0.15) is 0 Å². The van der Waals surface area contributed by atoms with Crippen molar-refractivity contribution < 1.29 is 14.3 Å². The zero-order valence-corrected chi connectivity index (χ0v) is 19.9. The quantitative estimate of drug-likeness (QED) is 0.307. The number of para-hydroxylation sites is 1. The molecule has 3 heterocycles. The minimum absolute atomic E-state index is 0.177. The summed E-state index contributed by atoms with van der Waals surface area (Å²) < 4.78 is 13.8. The lowest BCUT2D eigenvalue weighted by molar-refractivity contribution is -0.122. The van der Waals surface area contributed by atoms with Crippen LogP contribution in [0.25, 0.3) is 28.3 Å². The third kappa shape index (κ3) is 5.30. The standard InChI is InChI=1S/C26H23N7O4/c1-36-21-10-6-5-9-19(21)20-11-14-25(35)32(30-20)17-23(34)27-15-16-37-24-13-12-22-28-29-26(33(22)31-24)18-7-3-2-4-8-18/h2-14H,15-17H2,1H3,(H,27,34). The Kier molecular flexibility index (Phi) is 6.84. The summed E-state index contributed by atoms with van der Waals surface area (Å²) in [5, 5.41) is 19.9. The van der Waals surface area contributed by atoms with Crippen molar-refractivity contribution in [1.29, 1.82) is 0 Å². The Bertz CT molecular complexity index is 1600. The van der Waals surface area contributed by atoms with E-state index in [4.69, 9.17) is 9.47 Å². The van der Waals surface area contributed by atoms with Crippen molar-refractivity contribution >= 4 is 11.6 Å². The van der Waals surface area contributed by atoms with Crippen LogP contribution in [0.3, 0.4) is 0 Å². The molecule has 11 nitrogen and oxygen atoms in total. The summed E-state index contributed by atoms with van der Waals surface area (Å²) in [6.45, 7) is 0.164. The summed E-state index contributed by atoms with van der Waals surface area (Å²) in [6.07, 6.45) is 0. The summed E-state index contributed by atoms with van der Waals surface area (Å²) in [5.41, 5.74) is 2.34. The average molecular weight is 498 g/mol. The van der Waals surface area contributed by atoms with Gasteiger partial charge in [-0.3, -0.25) is 9.59 Å². The molecule has 37 heavy (non-hydrogen) atoms. The SMILES string of the molecule is COc1ccccc1-c1ccc(=O)n(CC(=O)NCCOc2ccc3nnc(-c4ccccc4)n3n2)n1. The second kappa shape index (κ2) is 10.7. The fourth-order valence-corrected chi connectivity index (χ4v) is 3.72. The van der Waals surface area contributed by atoms with Gasteiger partial charge in [0, 0.05) is 23.3 Å². The highest BCUT2D eigenvalue weighted by Crippen LogP contribution is 2.27. The van der Waals surface area contributed by atoms with Crippen molar-refractivity contribution in [1.82, 2.24) is 34.9 Å². The number of methoxy groups -OCH3 is 1. The molecule has 0 spiro atoms. The largest absolute Gasteiger partial charge is 0.496 e. The van der Waals surface area contributed by atoms with Crippen molar-refractivity contribution in [2.75, 3.05) is 20.3 Å². The Morgan fingerprint density at radius 1 is 0.919 bits per heavy atom. The smallest absolute Gasteiger partial charge is 0.267 e. The molecule has 0 atom stereocenters. The van der Waals surface area contributed by atoms with Crippen LogP contribution < -0.4 is 20.3 Å². The molecule has 1 amide bonds. The first-order valence-electron chi connectivity index (χ1n) is 11.5. The first-order chi connectivity index (χ1) is 18.1. The molecule has 0 aliphatic rings. The molecule has 2 aromatic carbocycles.